The first-order valence-corrected chi connectivity index (χ1v) is 8.53. The van der Waals surface area contributed by atoms with E-state index in [2.05, 4.69) is 26.0 Å². The van der Waals surface area contributed by atoms with E-state index < -0.39 is 5.97 Å². The number of benzene rings is 1. The summed E-state index contributed by atoms with van der Waals surface area (Å²) in [6.07, 6.45) is 1.67. The number of methoxy groups -OCH3 is 2. The Bertz CT molecular complexity index is 750. The normalized spacial score (nSPS) is 15.4. The van der Waals surface area contributed by atoms with Crippen LogP contribution in [-0.2, 0) is 14.3 Å². The van der Waals surface area contributed by atoms with Crippen LogP contribution in [0.3, 0.4) is 0 Å². The van der Waals surface area contributed by atoms with E-state index in [1.165, 1.54) is 19.1 Å². The SMILES string of the molecule is CCN1C(=O)C(=Cc2cc(OC)c(OCC(=O)OC)cc2Br)NC1=S. The summed E-state index contributed by atoms with van der Waals surface area (Å²) < 4.78 is 15.9. The first-order valence-electron chi connectivity index (χ1n) is 7.33. The highest BCUT2D eigenvalue weighted by Crippen LogP contribution is 2.35. The van der Waals surface area contributed by atoms with Crippen molar-refractivity contribution in [1.29, 1.82) is 0 Å². The minimum atomic E-state index is -0.502. The number of rotatable bonds is 6. The predicted molar refractivity (Wildman–Crippen MR) is 99.3 cm³/mol. The number of ether oxygens (including phenoxy) is 3. The van der Waals surface area contributed by atoms with Crippen molar-refractivity contribution in [3.63, 3.8) is 0 Å². The summed E-state index contributed by atoms with van der Waals surface area (Å²) in [5.41, 5.74) is 1.07. The highest BCUT2D eigenvalue weighted by molar-refractivity contribution is 9.10. The van der Waals surface area contributed by atoms with E-state index in [0.29, 0.717) is 38.9 Å². The molecule has 1 fully saturated rings. The summed E-state index contributed by atoms with van der Waals surface area (Å²) in [6, 6.07) is 3.35. The average Bonchev–Trinajstić information content (AvgIpc) is 2.87. The van der Waals surface area contributed by atoms with Crippen molar-refractivity contribution >= 4 is 51.2 Å². The second-order valence-corrected chi connectivity index (χ2v) is 6.17. The summed E-state index contributed by atoms with van der Waals surface area (Å²) in [5, 5.41) is 3.27. The Kier molecular flexibility index (Phi) is 6.38. The number of carbonyl (C=O) groups is 2. The number of hydrogen-bond acceptors (Lipinski definition) is 6. The molecular formula is C16H17BrN2O5S. The Balaban J connectivity index is 2.31. The second-order valence-electron chi connectivity index (χ2n) is 4.93. The van der Waals surface area contributed by atoms with Crippen molar-refractivity contribution in [3.8, 4) is 11.5 Å². The van der Waals surface area contributed by atoms with Crippen LogP contribution in [0, 0.1) is 0 Å². The van der Waals surface area contributed by atoms with E-state index in [1.807, 2.05) is 6.92 Å². The Hall–Kier alpha value is -2.13. The van der Waals surface area contributed by atoms with Crippen LogP contribution in [0.2, 0.25) is 0 Å². The van der Waals surface area contributed by atoms with Gasteiger partial charge in [-0.2, -0.15) is 0 Å². The number of halogens is 1. The zero-order valence-corrected chi connectivity index (χ0v) is 16.3. The molecule has 1 aliphatic heterocycles. The highest BCUT2D eigenvalue weighted by atomic mass is 79.9. The van der Waals surface area contributed by atoms with E-state index in [1.54, 1.807) is 18.2 Å². The van der Waals surface area contributed by atoms with Gasteiger partial charge in [-0.05, 0) is 42.9 Å². The number of nitrogens with zero attached hydrogens (tertiary/aromatic N) is 1. The lowest BCUT2D eigenvalue weighted by atomic mass is 10.1. The van der Waals surface area contributed by atoms with Crippen LogP contribution < -0.4 is 14.8 Å². The monoisotopic (exact) mass is 428 g/mol. The molecule has 1 aromatic carbocycles. The molecule has 134 valence electrons. The minimum absolute atomic E-state index is 0.190. The summed E-state index contributed by atoms with van der Waals surface area (Å²) in [6.45, 7) is 2.10. The van der Waals surface area contributed by atoms with Crippen molar-refractivity contribution in [2.75, 3.05) is 27.4 Å². The van der Waals surface area contributed by atoms with Gasteiger partial charge >= 0.3 is 5.97 Å². The van der Waals surface area contributed by atoms with Gasteiger partial charge in [0.1, 0.15) is 5.70 Å². The average molecular weight is 429 g/mol. The highest BCUT2D eigenvalue weighted by Gasteiger charge is 2.29. The van der Waals surface area contributed by atoms with Crippen molar-refractivity contribution in [2.24, 2.45) is 0 Å². The maximum absolute atomic E-state index is 12.3. The van der Waals surface area contributed by atoms with Crippen LogP contribution in [0.15, 0.2) is 22.3 Å². The zero-order valence-electron chi connectivity index (χ0n) is 13.9. The zero-order chi connectivity index (χ0) is 18.6. The third kappa shape index (κ3) is 4.29. The van der Waals surface area contributed by atoms with Gasteiger partial charge in [0.2, 0.25) is 0 Å². The molecule has 25 heavy (non-hydrogen) atoms. The maximum atomic E-state index is 12.3. The molecule has 0 saturated carbocycles. The van der Waals surface area contributed by atoms with Crippen LogP contribution >= 0.6 is 28.1 Å². The topological polar surface area (TPSA) is 77.1 Å². The second kappa shape index (κ2) is 8.30. The molecule has 0 aromatic heterocycles. The first-order chi connectivity index (χ1) is 11.9. The van der Waals surface area contributed by atoms with Crippen molar-refractivity contribution < 1.29 is 23.8 Å². The van der Waals surface area contributed by atoms with E-state index in [9.17, 15) is 9.59 Å². The fraction of sp³-hybridized carbons (Fsp3) is 0.312. The number of carbonyl (C=O) groups excluding carboxylic acids is 2. The van der Waals surface area contributed by atoms with Gasteiger partial charge in [0, 0.05) is 11.0 Å². The summed E-state index contributed by atoms with van der Waals surface area (Å²) in [5.74, 6) is 0.0975. The van der Waals surface area contributed by atoms with E-state index in [0.717, 1.165) is 0 Å². The van der Waals surface area contributed by atoms with Crippen LogP contribution in [0.25, 0.3) is 6.08 Å². The number of amides is 1. The fourth-order valence-electron chi connectivity index (χ4n) is 2.14. The number of hydrogen-bond donors (Lipinski definition) is 1. The van der Waals surface area contributed by atoms with Gasteiger partial charge in [-0.3, -0.25) is 9.69 Å². The van der Waals surface area contributed by atoms with Crippen LogP contribution in [0.4, 0.5) is 0 Å². The predicted octanol–water partition coefficient (Wildman–Crippen LogP) is 2.09. The molecule has 9 heteroatoms. The number of thiocarbonyl (C=S) groups is 1. The van der Waals surface area contributed by atoms with E-state index in [-0.39, 0.29) is 12.5 Å². The van der Waals surface area contributed by atoms with Gasteiger partial charge in [0.25, 0.3) is 5.91 Å². The molecule has 1 saturated heterocycles. The third-order valence-electron chi connectivity index (χ3n) is 3.43. The Morgan fingerprint density at radius 3 is 2.64 bits per heavy atom. The van der Waals surface area contributed by atoms with E-state index in [4.69, 9.17) is 21.7 Å². The number of likely N-dealkylation sites (N-methyl/N-ethyl adjacent to an activating group) is 1. The van der Waals surface area contributed by atoms with Gasteiger partial charge in [-0.25, -0.2) is 4.79 Å². The lowest BCUT2D eigenvalue weighted by Crippen LogP contribution is -2.30. The Morgan fingerprint density at radius 2 is 2.08 bits per heavy atom. The molecule has 1 N–H and O–H groups in total. The van der Waals surface area contributed by atoms with E-state index >= 15 is 0 Å². The largest absolute Gasteiger partial charge is 0.493 e. The molecule has 1 aliphatic rings. The fourth-order valence-corrected chi connectivity index (χ4v) is 2.90. The molecule has 2 rings (SSSR count). The minimum Gasteiger partial charge on any atom is -0.493 e. The lowest BCUT2D eigenvalue weighted by molar-refractivity contribution is -0.142. The summed E-state index contributed by atoms with van der Waals surface area (Å²) in [4.78, 5) is 25.0. The lowest BCUT2D eigenvalue weighted by Gasteiger charge is -2.12. The summed E-state index contributed by atoms with van der Waals surface area (Å²) in [7, 11) is 2.77. The Labute approximate surface area is 159 Å². The molecule has 1 heterocycles. The van der Waals surface area contributed by atoms with Crippen LogP contribution in [0.1, 0.15) is 12.5 Å². The summed E-state index contributed by atoms with van der Waals surface area (Å²) >= 11 is 8.56. The van der Waals surface area contributed by atoms with Crippen LogP contribution in [0.5, 0.6) is 11.5 Å². The molecule has 0 unspecified atom stereocenters. The molecular weight excluding hydrogens is 412 g/mol. The number of esters is 1. The molecule has 1 amide bonds. The third-order valence-corrected chi connectivity index (χ3v) is 4.44. The first kappa shape index (κ1) is 19.2. The van der Waals surface area contributed by atoms with Crippen molar-refractivity contribution in [2.45, 2.75) is 6.92 Å². The van der Waals surface area contributed by atoms with Gasteiger partial charge in [-0.15, -0.1) is 0 Å². The standard InChI is InChI=1S/C16H17BrN2O5S/c1-4-19-15(21)11(18-16(19)25)5-9-6-12(22-2)13(7-10(9)17)24-8-14(20)23-3/h5-7H,4,8H2,1-3H3,(H,18,25). The molecule has 0 spiro atoms. The molecule has 1 aromatic rings. The van der Waals surface area contributed by atoms with Gasteiger partial charge in [-0.1, -0.05) is 15.9 Å². The maximum Gasteiger partial charge on any atom is 0.343 e. The molecule has 0 bridgehead atoms. The number of nitrogens with one attached hydrogen (secondary N) is 1. The van der Waals surface area contributed by atoms with Gasteiger partial charge in [0.05, 0.1) is 14.2 Å². The smallest absolute Gasteiger partial charge is 0.343 e. The van der Waals surface area contributed by atoms with Gasteiger partial charge in [0.15, 0.2) is 23.2 Å². The molecule has 7 nitrogen and oxygen atoms in total. The van der Waals surface area contributed by atoms with Crippen molar-refractivity contribution in [1.82, 2.24) is 10.2 Å². The quantitative estimate of drug-likeness (QED) is 0.422. The molecule has 0 radical (unpaired) electrons. The Morgan fingerprint density at radius 1 is 1.36 bits per heavy atom. The molecule has 0 atom stereocenters. The van der Waals surface area contributed by atoms with Crippen LogP contribution in [-0.4, -0.2) is 49.3 Å². The molecule has 0 aliphatic carbocycles. The van der Waals surface area contributed by atoms with Gasteiger partial charge < -0.3 is 19.5 Å². The van der Waals surface area contributed by atoms with Crippen molar-refractivity contribution in [3.05, 3.63) is 27.9 Å².